The number of rotatable bonds is 8. The van der Waals surface area contributed by atoms with Gasteiger partial charge in [-0.1, -0.05) is 60.7 Å². The lowest BCUT2D eigenvalue weighted by molar-refractivity contribution is -0.115. The molecule has 3 aromatic carbocycles. The normalized spacial score (nSPS) is 10.3. The molecule has 0 aliphatic heterocycles. The highest BCUT2D eigenvalue weighted by Gasteiger charge is 2.12. The van der Waals surface area contributed by atoms with Crippen LogP contribution in [-0.2, 0) is 11.4 Å². The van der Waals surface area contributed by atoms with Gasteiger partial charge in [-0.15, -0.1) is 0 Å². The fourth-order valence-electron chi connectivity index (χ4n) is 2.82. The Bertz CT molecular complexity index is 851. The minimum Gasteiger partial charge on any atom is -0.487 e. The van der Waals surface area contributed by atoms with Crippen molar-refractivity contribution >= 4 is 17.3 Å². The van der Waals surface area contributed by atoms with Gasteiger partial charge in [0.25, 0.3) is 0 Å². The summed E-state index contributed by atoms with van der Waals surface area (Å²) in [6, 6.07) is 27.4. The van der Waals surface area contributed by atoms with Gasteiger partial charge >= 0.3 is 0 Å². The van der Waals surface area contributed by atoms with Gasteiger partial charge in [-0.2, -0.15) is 0 Å². The standard InChI is InChI=1S/C23H24N2O2/c1-2-25(20-13-7-4-8-14-20)17-23(26)24-21-15-9-10-16-22(21)27-18-19-11-5-3-6-12-19/h3-16H,2,17-18H2,1H3,(H,24,26). The van der Waals surface area contributed by atoms with Gasteiger partial charge < -0.3 is 15.0 Å². The zero-order chi connectivity index (χ0) is 18.9. The molecule has 0 bridgehead atoms. The van der Waals surface area contributed by atoms with E-state index in [-0.39, 0.29) is 12.5 Å². The topological polar surface area (TPSA) is 41.6 Å². The van der Waals surface area contributed by atoms with E-state index in [2.05, 4.69) is 5.32 Å². The van der Waals surface area contributed by atoms with Crippen LogP contribution < -0.4 is 15.0 Å². The zero-order valence-electron chi connectivity index (χ0n) is 15.5. The smallest absolute Gasteiger partial charge is 0.243 e. The molecule has 4 heteroatoms. The van der Waals surface area contributed by atoms with Gasteiger partial charge in [-0.05, 0) is 36.8 Å². The average Bonchev–Trinajstić information content (AvgIpc) is 2.73. The Hall–Kier alpha value is -3.27. The molecule has 0 spiro atoms. The summed E-state index contributed by atoms with van der Waals surface area (Å²) in [6.07, 6.45) is 0. The quantitative estimate of drug-likeness (QED) is 0.631. The maximum Gasteiger partial charge on any atom is 0.243 e. The van der Waals surface area contributed by atoms with Gasteiger partial charge in [0.05, 0.1) is 12.2 Å². The molecule has 0 aliphatic rings. The second-order valence-electron chi connectivity index (χ2n) is 6.17. The van der Waals surface area contributed by atoms with Crippen LogP contribution in [0.5, 0.6) is 5.75 Å². The third-order valence-corrected chi connectivity index (χ3v) is 4.24. The Morgan fingerprint density at radius 3 is 2.22 bits per heavy atom. The van der Waals surface area contributed by atoms with E-state index in [9.17, 15) is 4.79 Å². The van der Waals surface area contributed by atoms with Gasteiger partial charge in [-0.3, -0.25) is 4.79 Å². The van der Waals surface area contributed by atoms with Crippen molar-refractivity contribution in [1.29, 1.82) is 0 Å². The lowest BCUT2D eigenvalue weighted by Crippen LogP contribution is -2.33. The summed E-state index contributed by atoms with van der Waals surface area (Å²) >= 11 is 0. The second-order valence-corrected chi connectivity index (χ2v) is 6.17. The highest BCUT2D eigenvalue weighted by Crippen LogP contribution is 2.25. The maximum atomic E-state index is 12.6. The number of carbonyl (C=O) groups is 1. The Morgan fingerprint density at radius 2 is 1.52 bits per heavy atom. The zero-order valence-corrected chi connectivity index (χ0v) is 15.5. The molecule has 0 fully saturated rings. The molecule has 0 aromatic heterocycles. The van der Waals surface area contributed by atoms with Gasteiger partial charge in [0, 0.05) is 12.2 Å². The molecule has 1 N–H and O–H groups in total. The molecule has 3 aromatic rings. The number of benzene rings is 3. The molecule has 0 saturated heterocycles. The van der Waals surface area contributed by atoms with Gasteiger partial charge in [0.2, 0.25) is 5.91 Å². The fraction of sp³-hybridized carbons (Fsp3) is 0.174. The lowest BCUT2D eigenvalue weighted by atomic mass is 10.2. The first-order valence-electron chi connectivity index (χ1n) is 9.12. The Morgan fingerprint density at radius 1 is 0.889 bits per heavy atom. The van der Waals surface area contributed by atoms with Crippen LogP contribution in [0.1, 0.15) is 12.5 Å². The summed E-state index contributed by atoms with van der Waals surface area (Å²) in [6.45, 7) is 3.53. The minimum absolute atomic E-state index is 0.0727. The number of anilines is 2. The predicted octanol–water partition coefficient (Wildman–Crippen LogP) is 4.73. The van der Waals surface area contributed by atoms with Gasteiger partial charge in [0.15, 0.2) is 0 Å². The average molecular weight is 360 g/mol. The highest BCUT2D eigenvalue weighted by atomic mass is 16.5. The first-order chi connectivity index (χ1) is 13.3. The maximum absolute atomic E-state index is 12.6. The van der Waals surface area contributed by atoms with E-state index in [0.29, 0.717) is 18.0 Å². The summed E-state index contributed by atoms with van der Waals surface area (Å²) < 4.78 is 5.91. The first-order valence-corrected chi connectivity index (χ1v) is 9.12. The SMILES string of the molecule is CCN(CC(=O)Nc1ccccc1OCc1ccccc1)c1ccccc1. The number of amides is 1. The number of hydrogen-bond donors (Lipinski definition) is 1. The molecule has 0 unspecified atom stereocenters. The fourth-order valence-corrected chi connectivity index (χ4v) is 2.82. The van der Waals surface area contributed by atoms with Crippen molar-refractivity contribution in [3.05, 3.63) is 90.5 Å². The molecule has 0 aliphatic carbocycles. The number of nitrogens with zero attached hydrogens (tertiary/aromatic N) is 1. The number of para-hydroxylation sites is 3. The summed E-state index contributed by atoms with van der Waals surface area (Å²) in [7, 11) is 0. The van der Waals surface area contributed by atoms with Gasteiger partial charge in [0.1, 0.15) is 12.4 Å². The van der Waals surface area contributed by atoms with E-state index in [1.165, 1.54) is 0 Å². The third kappa shape index (κ3) is 5.35. The van der Waals surface area contributed by atoms with Crippen LogP contribution in [0.3, 0.4) is 0 Å². The molecule has 1 amide bonds. The highest BCUT2D eigenvalue weighted by molar-refractivity contribution is 5.95. The Kier molecular flexibility index (Phi) is 6.47. The van der Waals surface area contributed by atoms with Crippen LogP contribution in [0.25, 0.3) is 0 Å². The largest absolute Gasteiger partial charge is 0.487 e. The summed E-state index contributed by atoms with van der Waals surface area (Å²) in [4.78, 5) is 14.6. The van der Waals surface area contributed by atoms with E-state index in [0.717, 1.165) is 17.8 Å². The predicted molar refractivity (Wildman–Crippen MR) is 110 cm³/mol. The van der Waals surface area contributed by atoms with E-state index in [4.69, 9.17) is 4.74 Å². The number of nitrogens with one attached hydrogen (secondary N) is 1. The summed E-state index contributed by atoms with van der Waals surface area (Å²) in [5.41, 5.74) is 2.80. The monoisotopic (exact) mass is 360 g/mol. The first kappa shape index (κ1) is 18.5. The number of ether oxygens (including phenoxy) is 1. The lowest BCUT2D eigenvalue weighted by Gasteiger charge is -2.22. The van der Waals surface area contributed by atoms with Crippen LogP contribution in [0.4, 0.5) is 11.4 Å². The number of carbonyl (C=O) groups excluding carboxylic acids is 1. The van der Waals surface area contributed by atoms with Crippen molar-refractivity contribution in [2.75, 3.05) is 23.3 Å². The van der Waals surface area contributed by atoms with Crippen LogP contribution in [0, 0.1) is 0 Å². The van der Waals surface area contributed by atoms with E-state index in [1.807, 2.05) is 96.8 Å². The molecular formula is C23H24N2O2. The second kappa shape index (κ2) is 9.43. The molecule has 3 rings (SSSR count). The van der Waals surface area contributed by atoms with E-state index >= 15 is 0 Å². The van der Waals surface area contributed by atoms with Crippen molar-refractivity contribution in [1.82, 2.24) is 0 Å². The van der Waals surface area contributed by atoms with Crippen LogP contribution in [0.2, 0.25) is 0 Å². The van der Waals surface area contributed by atoms with Crippen LogP contribution >= 0.6 is 0 Å². The van der Waals surface area contributed by atoms with Crippen molar-refractivity contribution in [2.24, 2.45) is 0 Å². The van der Waals surface area contributed by atoms with Crippen molar-refractivity contribution in [3.63, 3.8) is 0 Å². The minimum atomic E-state index is -0.0727. The van der Waals surface area contributed by atoms with Crippen LogP contribution in [0.15, 0.2) is 84.9 Å². The van der Waals surface area contributed by atoms with Crippen LogP contribution in [-0.4, -0.2) is 19.0 Å². The number of likely N-dealkylation sites (N-methyl/N-ethyl adjacent to an activating group) is 1. The Balaban J connectivity index is 1.63. The van der Waals surface area contributed by atoms with Crippen molar-refractivity contribution in [3.8, 4) is 5.75 Å². The molecule has 0 saturated carbocycles. The van der Waals surface area contributed by atoms with Crippen molar-refractivity contribution < 1.29 is 9.53 Å². The van der Waals surface area contributed by atoms with E-state index in [1.54, 1.807) is 0 Å². The molecule has 0 atom stereocenters. The molecule has 0 radical (unpaired) electrons. The summed E-state index contributed by atoms with van der Waals surface area (Å²) in [5, 5.41) is 2.98. The number of hydrogen-bond acceptors (Lipinski definition) is 3. The molecule has 4 nitrogen and oxygen atoms in total. The Labute approximate surface area is 160 Å². The van der Waals surface area contributed by atoms with Crippen molar-refractivity contribution in [2.45, 2.75) is 13.5 Å². The van der Waals surface area contributed by atoms with E-state index < -0.39 is 0 Å². The molecule has 0 heterocycles. The summed E-state index contributed by atoms with van der Waals surface area (Å²) in [5.74, 6) is 0.592. The molecule has 138 valence electrons. The molecule has 27 heavy (non-hydrogen) atoms. The molecular weight excluding hydrogens is 336 g/mol. The third-order valence-electron chi connectivity index (χ3n) is 4.24. The van der Waals surface area contributed by atoms with Gasteiger partial charge in [-0.25, -0.2) is 0 Å².